The Kier molecular flexibility index (Phi) is 5.23. The highest BCUT2D eigenvalue weighted by atomic mass is 32.2. The first kappa shape index (κ1) is 18.3. The summed E-state index contributed by atoms with van der Waals surface area (Å²) >= 11 is 2.56. The number of likely N-dealkylation sites (tertiary alicyclic amines) is 1. The molecule has 1 atom stereocenters. The molecule has 8 nitrogen and oxygen atoms in total. The Hall–Kier alpha value is -2.46. The summed E-state index contributed by atoms with van der Waals surface area (Å²) < 4.78 is 0.676. The van der Waals surface area contributed by atoms with E-state index in [-0.39, 0.29) is 11.3 Å². The quantitative estimate of drug-likeness (QED) is 0.613. The number of carbonyl (C=O) groups excluding carboxylic acids is 1. The lowest BCUT2D eigenvalue weighted by molar-refractivity contribution is -0.387. The molecule has 0 radical (unpaired) electrons. The van der Waals surface area contributed by atoms with Crippen molar-refractivity contribution in [2.75, 3.05) is 6.54 Å². The van der Waals surface area contributed by atoms with Crippen LogP contribution >= 0.6 is 23.1 Å². The lowest BCUT2D eigenvalue weighted by Gasteiger charge is -2.21. The van der Waals surface area contributed by atoms with Gasteiger partial charge in [0.2, 0.25) is 0 Å². The molecule has 0 bridgehead atoms. The molecule has 1 unspecified atom stereocenters. The summed E-state index contributed by atoms with van der Waals surface area (Å²) in [5, 5.41) is 22.5. The van der Waals surface area contributed by atoms with Crippen LogP contribution in [0.4, 0.5) is 5.69 Å². The average Bonchev–Trinajstić information content (AvgIpc) is 3.23. The molecule has 1 amide bonds. The van der Waals surface area contributed by atoms with Gasteiger partial charge in [0.05, 0.1) is 9.82 Å². The zero-order chi connectivity index (χ0) is 18.8. The van der Waals surface area contributed by atoms with Gasteiger partial charge in [0, 0.05) is 29.2 Å². The van der Waals surface area contributed by atoms with Gasteiger partial charge in [-0.25, -0.2) is 9.78 Å². The third kappa shape index (κ3) is 3.70. The number of thiazole rings is 1. The number of amides is 1. The van der Waals surface area contributed by atoms with Crippen molar-refractivity contribution in [3.8, 4) is 0 Å². The summed E-state index contributed by atoms with van der Waals surface area (Å²) in [6.45, 7) is 2.17. The molecule has 10 heteroatoms. The van der Waals surface area contributed by atoms with Crippen LogP contribution in [0.15, 0.2) is 32.8 Å². The van der Waals surface area contributed by atoms with Gasteiger partial charge in [-0.2, -0.15) is 0 Å². The highest BCUT2D eigenvalue weighted by Gasteiger charge is 2.35. The van der Waals surface area contributed by atoms with Gasteiger partial charge in [0.1, 0.15) is 6.04 Å². The SMILES string of the molecule is Cc1csc(Sc2ccc(C(=O)N3CCCC3C(=O)O)cc2[N+](=O)[O-])n1. The van der Waals surface area contributed by atoms with E-state index in [9.17, 15) is 24.8 Å². The van der Waals surface area contributed by atoms with Gasteiger partial charge in [-0.05, 0) is 31.9 Å². The van der Waals surface area contributed by atoms with Crippen molar-refractivity contribution >= 4 is 40.7 Å². The number of hydrogen-bond acceptors (Lipinski definition) is 7. The van der Waals surface area contributed by atoms with Gasteiger partial charge < -0.3 is 10.0 Å². The van der Waals surface area contributed by atoms with E-state index in [1.807, 2.05) is 12.3 Å². The van der Waals surface area contributed by atoms with Crippen molar-refractivity contribution in [2.24, 2.45) is 0 Å². The Labute approximate surface area is 157 Å². The number of carboxylic acids is 1. The number of carboxylic acid groups (broad SMARTS) is 1. The molecule has 0 spiro atoms. The van der Waals surface area contributed by atoms with E-state index in [2.05, 4.69) is 4.98 Å². The lowest BCUT2D eigenvalue weighted by Crippen LogP contribution is -2.40. The maximum absolute atomic E-state index is 12.6. The molecule has 1 aliphatic heterocycles. The van der Waals surface area contributed by atoms with E-state index in [0.717, 1.165) is 5.69 Å². The summed E-state index contributed by atoms with van der Waals surface area (Å²) in [5.41, 5.74) is 0.755. The maximum Gasteiger partial charge on any atom is 0.326 e. The number of hydrogen-bond donors (Lipinski definition) is 1. The van der Waals surface area contributed by atoms with Crippen LogP contribution in [0.2, 0.25) is 0 Å². The molecule has 1 aliphatic rings. The Morgan fingerprint density at radius 1 is 1.46 bits per heavy atom. The molecule has 1 N–H and O–H groups in total. The van der Waals surface area contributed by atoms with Gasteiger partial charge in [-0.1, -0.05) is 11.8 Å². The number of aliphatic carboxylic acids is 1. The smallest absolute Gasteiger partial charge is 0.326 e. The normalized spacial score (nSPS) is 16.7. The van der Waals surface area contributed by atoms with E-state index >= 15 is 0 Å². The van der Waals surface area contributed by atoms with Gasteiger partial charge in [0.15, 0.2) is 4.34 Å². The average molecular weight is 393 g/mol. The van der Waals surface area contributed by atoms with Crippen molar-refractivity contribution in [1.82, 2.24) is 9.88 Å². The summed E-state index contributed by atoms with van der Waals surface area (Å²) in [4.78, 5) is 40.7. The lowest BCUT2D eigenvalue weighted by atomic mass is 10.1. The van der Waals surface area contributed by atoms with Crippen LogP contribution in [0.3, 0.4) is 0 Å². The molecule has 0 aliphatic carbocycles. The predicted molar refractivity (Wildman–Crippen MR) is 95.8 cm³/mol. The molecule has 1 aromatic carbocycles. The fraction of sp³-hybridized carbons (Fsp3) is 0.312. The molecule has 1 fully saturated rings. The largest absolute Gasteiger partial charge is 0.480 e. The summed E-state index contributed by atoms with van der Waals surface area (Å²) in [7, 11) is 0. The number of nitro groups is 1. The minimum atomic E-state index is -1.06. The van der Waals surface area contributed by atoms with Crippen LogP contribution in [0.25, 0.3) is 0 Å². The van der Waals surface area contributed by atoms with Crippen LogP contribution in [0.5, 0.6) is 0 Å². The first-order valence-corrected chi connectivity index (χ1v) is 9.48. The maximum atomic E-state index is 12.6. The van der Waals surface area contributed by atoms with Crippen LogP contribution < -0.4 is 0 Å². The molecule has 3 rings (SSSR count). The van der Waals surface area contributed by atoms with Crippen LogP contribution in [-0.4, -0.2) is 44.4 Å². The van der Waals surface area contributed by atoms with Gasteiger partial charge in [-0.3, -0.25) is 14.9 Å². The van der Waals surface area contributed by atoms with E-state index < -0.39 is 22.8 Å². The number of nitro benzene ring substituents is 1. The predicted octanol–water partition coefficient (Wildman–Crippen LogP) is 3.20. The Morgan fingerprint density at radius 3 is 2.85 bits per heavy atom. The molecule has 136 valence electrons. The van der Waals surface area contributed by atoms with E-state index in [1.165, 1.54) is 46.2 Å². The van der Waals surface area contributed by atoms with Crippen molar-refractivity contribution in [1.29, 1.82) is 0 Å². The van der Waals surface area contributed by atoms with Crippen molar-refractivity contribution < 1.29 is 19.6 Å². The zero-order valence-electron chi connectivity index (χ0n) is 13.7. The standard InChI is InChI=1S/C16H15N3O5S2/c1-9-8-25-16(17-9)26-13-5-4-10(7-12(13)19(23)24)14(20)18-6-2-3-11(18)15(21)22/h4-5,7-8,11H,2-3,6H2,1H3,(H,21,22). The topological polar surface area (TPSA) is 114 Å². The molecular formula is C16H15N3O5S2. The first-order valence-electron chi connectivity index (χ1n) is 7.79. The molecule has 2 aromatic rings. The van der Waals surface area contributed by atoms with E-state index in [0.29, 0.717) is 28.6 Å². The van der Waals surface area contributed by atoms with E-state index in [4.69, 9.17) is 0 Å². The van der Waals surface area contributed by atoms with Crippen molar-refractivity contribution in [3.05, 3.63) is 45.0 Å². The second kappa shape index (κ2) is 7.42. The molecule has 26 heavy (non-hydrogen) atoms. The fourth-order valence-electron chi connectivity index (χ4n) is 2.79. The Morgan fingerprint density at radius 2 is 2.23 bits per heavy atom. The van der Waals surface area contributed by atoms with Gasteiger partial charge in [0.25, 0.3) is 11.6 Å². The molecular weight excluding hydrogens is 378 g/mol. The van der Waals surface area contributed by atoms with E-state index in [1.54, 1.807) is 0 Å². The minimum absolute atomic E-state index is 0.115. The van der Waals surface area contributed by atoms with Gasteiger partial charge >= 0.3 is 5.97 Å². The first-order chi connectivity index (χ1) is 12.4. The molecule has 0 saturated carbocycles. The third-order valence-corrected chi connectivity index (χ3v) is 6.12. The second-order valence-electron chi connectivity index (χ2n) is 5.79. The minimum Gasteiger partial charge on any atom is -0.480 e. The summed E-state index contributed by atoms with van der Waals surface area (Å²) in [6.07, 6.45) is 0.989. The molecule has 1 aromatic heterocycles. The monoisotopic (exact) mass is 393 g/mol. The third-order valence-electron chi connectivity index (χ3n) is 4.00. The number of aryl methyl sites for hydroxylation is 1. The second-order valence-corrected chi connectivity index (χ2v) is 7.94. The molecule has 1 saturated heterocycles. The van der Waals surface area contributed by atoms with Crippen LogP contribution in [0.1, 0.15) is 28.9 Å². The number of aromatic nitrogens is 1. The van der Waals surface area contributed by atoms with Crippen molar-refractivity contribution in [3.63, 3.8) is 0 Å². The summed E-state index contributed by atoms with van der Waals surface area (Å²) in [6, 6.07) is 3.34. The Bertz CT molecular complexity index is 883. The highest BCUT2D eigenvalue weighted by molar-refractivity contribution is 8.01. The highest BCUT2D eigenvalue weighted by Crippen LogP contribution is 2.37. The number of nitrogens with zero attached hydrogens (tertiary/aromatic N) is 3. The Balaban J connectivity index is 1.89. The summed E-state index contributed by atoms with van der Waals surface area (Å²) in [5.74, 6) is -1.56. The van der Waals surface area contributed by atoms with Crippen molar-refractivity contribution in [2.45, 2.75) is 35.0 Å². The number of carbonyl (C=O) groups is 2. The van der Waals surface area contributed by atoms with Crippen LogP contribution in [-0.2, 0) is 4.79 Å². The zero-order valence-corrected chi connectivity index (χ0v) is 15.4. The van der Waals surface area contributed by atoms with Crippen LogP contribution in [0, 0.1) is 17.0 Å². The number of benzene rings is 1. The fourth-order valence-corrected chi connectivity index (χ4v) is 4.66. The molecule has 2 heterocycles. The van der Waals surface area contributed by atoms with Gasteiger partial charge in [-0.15, -0.1) is 11.3 Å². The number of rotatable bonds is 5.